The van der Waals surface area contributed by atoms with Gasteiger partial charge < -0.3 is 5.73 Å². The first-order valence-electron chi connectivity index (χ1n) is 2.21. The van der Waals surface area contributed by atoms with Crippen molar-refractivity contribution >= 4 is 15.8 Å². The Morgan fingerprint density at radius 3 is 2.20 bits per heavy atom. The van der Waals surface area contributed by atoms with E-state index in [0.717, 1.165) is 0 Å². The molecule has 0 saturated carbocycles. The predicted octanol–water partition coefficient (Wildman–Crippen LogP) is -1.97. The Morgan fingerprint density at radius 2 is 2.00 bits per heavy atom. The summed E-state index contributed by atoms with van der Waals surface area (Å²) >= 11 is 0. The molecule has 0 aliphatic heterocycles. The average Bonchev–Trinajstić information content (AvgIpc) is 2.11. The van der Waals surface area contributed by atoms with Gasteiger partial charge in [0, 0.05) is 0 Å². The maximum atomic E-state index is 10.5. The van der Waals surface area contributed by atoms with Gasteiger partial charge in [0.1, 0.15) is 0 Å². The van der Waals surface area contributed by atoms with Crippen LogP contribution in [0.1, 0.15) is 0 Å². The summed E-state index contributed by atoms with van der Waals surface area (Å²) in [5, 5.41) is 12.7. The molecular formula is C2H5N5O2S. The highest BCUT2D eigenvalue weighted by molar-refractivity contribution is 7.89. The van der Waals surface area contributed by atoms with Crippen molar-refractivity contribution in [2.24, 2.45) is 5.14 Å². The molecule has 1 heterocycles. The highest BCUT2D eigenvalue weighted by Gasteiger charge is 2.15. The molecule has 1 rings (SSSR count). The molecule has 0 radical (unpaired) electrons. The Bertz CT molecular complexity index is 325. The normalized spacial score (nSPS) is 11.7. The summed E-state index contributed by atoms with van der Waals surface area (Å²) in [6, 6.07) is 0. The van der Waals surface area contributed by atoms with Gasteiger partial charge in [-0.15, -0.1) is 10.2 Å². The number of anilines is 1. The number of aromatic amines is 1. The van der Waals surface area contributed by atoms with Crippen molar-refractivity contribution in [3.05, 3.63) is 0 Å². The number of nitrogens with two attached hydrogens (primary N) is 2. The van der Waals surface area contributed by atoms with E-state index in [0.29, 0.717) is 0 Å². The molecule has 56 valence electrons. The molecule has 0 amide bonds. The maximum absolute atomic E-state index is 10.5. The van der Waals surface area contributed by atoms with Gasteiger partial charge >= 0.3 is 0 Å². The van der Waals surface area contributed by atoms with Crippen molar-refractivity contribution in [1.82, 2.24) is 15.4 Å². The van der Waals surface area contributed by atoms with Crippen LogP contribution in [0.25, 0.3) is 0 Å². The summed E-state index contributed by atoms with van der Waals surface area (Å²) in [6.45, 7) is 0. The fraction of sp³-hybridized carbons (Fsp3) is 0. The second-order valence-corrected chi connectivity index (χ2v) is 3.04. The molecule has 0 aliphatic rings. The lowest BCUT2D eigenvalue weighted by Crippen LogP contribution is -2.14. The van der Waals surface area contributed by atoms with E-state index in [4.69, 9.17) is 5.73 Å². The minimum atomic E-state index is -3.82. The zero-order valence-electron chi connectivity index (χ0n) is 4.77. The van der Waals surface area contributed by atoms with Gasteiger partial charge in [0.15, 0.2) is 5.82 Å². The molecule has 1 aromatic rings. The smallest absolute Gasteiger partial charge is 0.261 e. The first-order chi connectivity index (χ1) is 4.52. The Hall–Kier alpha value is -1.15. The fourth-order valence-electron chi connectivity index (χ4n) is 0.439. The minimum Gasteiger partial charge on any atom is -0.380 e. The van der Waals surface area contributed by atoms with Crippen molar-refractivity contribution in [2.75, 3.05) is 5.73 Å². The van der Waals surface area contributed by atoms with E-state index >= 15 is 0 Å². The summed E-state index contributed by atoms with van der Waals surface area (Å²) in [5.74, 6) is -0.220. The summed E-state index contributed by atoms with van der Waals surface area (Å²) in [6.07, 6.45) is 0. The van der Waals surface area contributed by atoms with Crippen LogP contribution in [-0.2, 0) is 10.0 Å². The van der Waals surface area contributed by atoms with Crippen LogP contribution in [0.5, 0.6) is 0 Å². The van der Waals surface area contributed by atoms with E-state index in [1.54, 1.807) is 0 Å². The lowest BCUT2D eigenvalue weighted by Gasteiger charge is -1.88. The molecule has 0 unspecified atom stereocenters. The van der Waals surface area contributed by atoms with Crippen LogP contribution < -0.4 is 10.9 Å². The standard InChI is InChI=1S/C2H5N5O2S/c3-1-2(6-7-5-1)10(4,8)9/h(H2,4,8,9)(H3,3,5,6,7). The molecular weight excluding hydrogens is 158 g/mol. The van der Waals surface area contributed by atoms with E-state index in [9.17, 15) is 8.42 Å². The summed E-state index contributed by atoms with van der Waals surface area (Å²) in [7, 11) is -3.82. The minimum absolute atomic E-state index is 0.220. The number of rotatable bonds is 1. The first-order valence-corrected chi connectivity index (χ1v) is 3.75. The fourth-order valence-corrected chi connectivity index (χ4v) is 0.944. The van der Waals surface area contributed by atoms with Crippen LogP contribution in [0.3, 0.4) is 0 Å². The molecule has 0 atom stereocenters. The molecule has 8 heteroatoms. The first kappa shape index (κ1) is 6.96. The van der Waals surface area contributed by atoms with Crippen molar-refractivity contribution in [3.8, 4) is 0 Å². The van der Waals surface area contributed by atoms with E-state index < -0.39 is 15.0 Å². The van der Waals surface area contributed by atoms with Crippen LogP contribution in [0.2, 0.25) is 0 Å². The number of hydrogen-bond donors (Lipinski definition) is 3. The number of aromatic nitrogens is 3. The van der Waals surface area contributed by atoms with Crippen LogP contribution in [0.15, 0.2) is 5.03 Å². The molecule has 7 nitrogen and oxygen atoms in total. The molecule has 0 aromatic carbocycles. The van der Waals surface area contributed by atoms with E-state index in [1.165, 1.54) is 0 Å². The lowest BCUT2D eigenvalue weighted by atomic mass is 10.8. The van der Waals surface area contributed by atoms with Crippen molar-refractivity contribution in [3.63, 3.8) is 0 Å². The summed E-state index contributed by atoms with van der Waals surface area (Å²) in [5.41, 5.74) is 5.06. The number of H-pyrrole nitrogens is 1. The summed E-state index contributed by atoms with van der Waals surface area (Å²) < 4.78 is 21.0. The van der Waals surface area contributed by atoms with Gasteiger partial charge in [-0.05, 0) is 0 Å². The molecule has 0 spiro atoms. The number of nitrogen functional groups attached to an aromatic ring is 1. The van der Waals surface area contributed by atoms with E-state index in [-0.39, 0.29) is 5.82 Å². The number of nitrogens with zero attached hydrogens (tertiary/aromatic N) is 2. The van der Waals surface area contributed by atoms with Crippen molar-refractivity contribution < 1.29 is 8.42 Å². The van der Waals surface area contributed by atoms with Gasteiger partial charge in [-0.2, -0.15) is 5.21 Å². The van der Waals surface area contributed by atoms with E-state index in [1.807, 2.05) is 5.21 Å². The van der Waals surface area contributed by atoms with Crippen LogP contribution in [0, 0.1) is 0 Å². The molecule has 0 bridgehead atoms. The number of hydrogen-bond acceptors (Lipinski definition) is 5. The quantitative estimate of drug-likeness (QED) is 0.442. The largest absolute Gasteiger partial charge is 0.380 e. The van der Waals surface area contributed by atoms with Crippen LogP contribution in [-0.4, -0.2) is 23.8 Å². The SMILES string of the molecule is Nc1n[nH]nc1S(N)(=O)=O. The van der Waals surface area contributed by atoms with Gasteiger partial charge in [0.25, 0.3) is 10.0 Å². The second kappa shape index (κ2) is 1.92. The van der Waals surface area contributed by atoms with Crippen molar-refractivity contribution in [1.29, 1.82) is 0 Å². The second-order valence-electron chi connectivity index (χ2n) is 1.56. The zero-order valence-corrected chi connectivity index (χ0v) is 5.59. The van der Waals surface area contributed by atoms with Gasteiger partial charge in [-0.1, -0.05) is 0 Å². The zero-order chi connectivity index (χ0) is 7.78. The number of nitrogens with one attached hydrogen (secondary N) is 1. The molecule has 0 saturated heterocycles. The van der Waals surface area contributed by atoms with Gasteiger partial charge in [0.2, 0.25) is 5.03 Å². The number of primary sulfonamides is 1. The third kappa shape index (κ3) is 1.06. The van der Waals surface area contributed by atoms with Crippen molar-refractivity contribution in [2.45, 2.75) is 5.03 Å². The van der Waals surface area contributed by atoms with Gasteiger partial charge in [0.05, 0.1) is 0 Å². The maximum Gasteiger partial charge on any atom is 0.261 e. The number of sulfonamides is 1. The summed E-state index contributed by atoms with van der Waals surface area (Å²) in [4.78, 5) is 0. The average molecular weight is 163 g/mol. The topological polar surface area (TPSA) is 128 Å². The van der Waals surface area contributed by atoms with Gasteiger partial charge in [-0.3, -0.25) is 0 Å². The molecule has 0 fully saturated rings. The Kier molecular flexibility index (Phi) is 1.34. The van der Waals surface area contributed by atoms with Crippen LogP contribution >= 0.6 is 0 Å². The van der Waals surface area contributed by atoms with E-state index in [2.05, 4.69) is 15.3 Å². The third-order valence-electron chi connectivity index (χ3n) is 0.811. The highest BCUT2D eigenvalue weighted by Crippen LogP contribution is 2.06. The molecule has 1 aromatic heterocycles. The Balaban J connectivity index is 3.32. The third-order valence-corrected chi connectivity index (χ3v) is 1.65. The highest BCUT2D eigenvalue weighted by atomic mass is 32.2. The van der Waals surface area contributed by atoms with Crippen LogP contribution in [0.4, 0.5) is 5.82 Å². The monoisotopic (exact) mass is 163 g/mol. The molecule has 10 heavy (non-hydrogen) atoms. The molecule has 5 N–H and O–H groups in total. The lowest BCUT2D eigenvalue weighted by molar-refractivity contribution is 0.594. The molecule has 0 aliphatic carbocycles. The Morgan fingerprint density at radius 1 is 1.40 bits per heavy atom. The Labute approximate surface area is 56.5 Å². The predicted molar refractivity (Wildman–Crippen MR) is 32.2 cm³/mol. The van der Waals surface area contributed by atoms with Gasteiger partial charge in [-0.25, -0.2) is 13.6 Å².